The van der Waals surface area contributed by atoms with Crippen molar-refractivity contribution in [2.24, 2.45) is 9.98 Å². The fourth-order valence-corrected chi connectivity index (χ4v) is 7.74. The zero-order valence-corrected chi connectivity index (χ0v) is 33.9. The summed E-state index contributed by atoms with van der Waals surface area (Å²) in [7, 11) is 7.00. The fourth-order valence-electron chi connectivity index (χ4n) is 7.74. The third-order valence-electron chi connectivity index (χ3n) is 9.50. The van der Waals surface area contributed by atoms with Crippen LogP contribution in [-0.4, -0.2) is 40.0 Å². The number of nitrogens with zero attached hydrogens (tertiary/aromatic N) is 4. The van der Waals surface area contributed by atoms with E-state index in [4.69, 9.17) is 9.98 Å². The van der Waals surface area contributed by atoms with E-state index in [1.807, 2.05) is 39.8 Å². The summed E-state index contributed by atoms with van der Waals surface area (Å²) in [6.07, 6.45) is 8.36. The summed E-state index contributed by atoms with van der Waals surface area (Å²) >= 11 is 0. The van der Waals surface area contributed by atoms with Gasteiger partial charge in [-0.25, -0.2) is 0 Å². The van der Waals surface area contributed by atoms with Crippen LogP contribution in [0.25, 0.3) is 21.8 Å². The average Bonchev–Trinajstić information content (AvgIpc) is 3.05. The molecule has 266 valence electrons. The van der Waals surface area contributed by atoms with Crippen LogP contribution in [0.4, 0.5) is 11.4 Å². The Morgan fingerprint density at radius 1 is 0.510 bits per heavy atom. The van der Waals surface area contributed by atoms with Gasteiger partial charge in [0.15, 0.2) is 0 Å². The molecule has 4 aromatic carbocycles. The van der Waals surface area contributed by atoms with Gasteiger partial charge in [0.25, 0.3) is 0 Å². The van der Waals surface area contributed by atoms with Crippen LogP contribution >= 0.6 is 0 Å². The normalized spacial score (nSPS) is 13.8. The number of aryl methyl sites for hydroxylation is 8. The van der Waals surface area contributed by atoms with E-state index in [1.165, 1.54) is 22.3 Å². The first-order chi connectivity index (χ1) is 23.9. The summed E-state index contributed by atoms with van der Waals surface area (Å²) < 4.78 is 0. The third-order valence-corrected chi connectivity index (χ3v) is 9.50. The second kappa shape index (κ2) is 19.3. The summed E-state index contributed by atoms with van der Waals surface area (Å²) in [6, 6.07) is 16.6. The number of rotatable bonds is 5. The molecule has 0 saturated heterocycles. The minimum absolute atomic E-state index is 0. The molecule has 0 aromatic heterocycles. The van der Waals surface area contributed by atoms with E-state index >= 15 is 0 Å². The van der Waals surface area contributed by atoms with Gasteiger partial charge in [-0.1, -0.05) is 47.5 Å². The van der Waals surface area contributed by atoms with Crippen LogP contribution in [-0.2, 0) is 47.4 Å². The molecule has 0 N–H and O–H groups in total. The quantitative estimate of drug-likeness (QED) is 0.117. The fraction of sp³-hybridized carbons (Fsp3) is 0.409. The SMILES string of the molecule is C[N-]C.C[N-]C.Cc1cc(C)c(C([O-])=Nc2ccc3c(c2-c2c(N=C([O-])c4c(C)cc(C)cc4C)ccc4c2CCCC4)CCCC3)c(C)c1.[Ti+4]. The van der Waals surface area contributed by atoms with Crippen LogP contribution in [0.15, 0.2) is 58.5 Å². The molecular weight excluding hydrogens is 664 g/mol. The first-order valence-electron chi connectivity index (χ1n) is 17.9. The maximum absolute atomic E-state index is 13.9. The first-order valence-corrected chi connectivity index (χ1v) is 17.9. The zero-order valence-electron chi connectivity index (χ0n) is 32.4. The Hall–Kier alpha value is -3.55. The van der Waals surface area contributed by atoms with Gasteiger partial charge >= 0.3 is 21.7 Å². The predicted molar refractivity (Wildman–Crippen MR) is 209 cm³/mol. The van der Waals surface area contributed by atoms with E-state index in [9.17, 15) is 10.2 Å². The standard InChI is InChI=1S/C40H44N2O2.2C2H6N.Ti/c1-23-19-25(3)35(26(4)20-23)39(43)41-33-17-15-29-11-7-9-13-31(29)37(33)38-32-14-10-8-12-30(32)16-18-34(38)42-40(44)36-27(5)21-24(2)22-28(36)6;2*1-3-2;/h15-22H,7-14H2,1-6H3,(H,41,43)(H,42,44);2*1-2H3;/q;2*-1;+4/p-2. The van der Waals surface area contributed by atoms with Crippen molar-refractivity contribution in [1.29, 1.82) is 0 Å². The molecule has 0 radical (unpaired) electrons. The molecule has 6 rings (SSSR count). The monoisotopic (exact) mass is 718 g/mol. The van der Waals surface area contributed by atoms with E-state index in [0.717, 1.165) is 95.9 Å². The summed E-state index contributed by atoms with van der Waals surface area (Å²) in [5.41, 5.74) is 15.9. The van der Waals surface area contributed by atoms with Crippen molar-refractivity contribution in [1.82, 2.24) is 0 Å². The zero-order chi connectivity index (χ0) is 36.5. The molecule has 0 bridgehead atoms. The number of benzene rings is 4. The van der Waals surface area contributed by atoms with Gasteiger partial charge in [-0.2, -0.15) is 28.2 Å². The summed E-state index contributed by atoms with van der Waals surface area (Å²) in [5, 5.41) is 34.8. The Morgan fingerprint density at radius 3 is 1.12 bits per heavy atom. The minimum atomic E-state index is -0.220. The molecule has 7 heteroatoms. The number of hydrogen-bond acceptors (Lipinski definition) is 4. The van der Waals surface area contributed by atoms with Crippen molar-refractivity contribution >= 4 is 23.2 Å². The van der Waals surface area contributed by atoms with Gasteiger partial charge in [-0.15, -0.1) is 0 Å². The molecule has 0 aliphatic heterocycles. The van der Waals surface area contributed by atoms with E-state index in [0.29, 0.717) is 22.5 Å². The Bertz CT molecular complexity index is 1710. The molecular formula is C44H54N4O2Ti. The van der Waals surface area contributed by atoms with Crippen LogP contribution in [0.5, 0.6) is 0 Å². The van der Waals surface area contributed by atoms with Crippen molar-refractivity contribution in [3.05, 3.63) is 126 Å². The second-order valence-electron chi connectivity index (χ2n) is 13.9. The van der Waals surface area contributed by atoms with Crippen molar-refractivity contribution in [2.45, 2.75) is 92.9 Å². The van der Waals surface area contributed by atoms with Gasteiger partial charge in [0.2, 0.25) is 0 Å². The number of hydrogen-bond donors (Lipinski definition) is 0. The van der Waals surface area contributed by atoms with E-state index in [2.05, 4.69) is 60.9 Å². The molecule has 6 nitrogen and oxygen atoms in total. The summed E-state index contributed by atoms with van der Waals surface area (Å²) in [5.74, 6) is -0.440. The molecule has 51 heavy (non-hydrogen) atoms. The van der Waals surface area contributed by atoms with Crippen molar-refractivity contribution in [3.63, 3.8) is 0 Å². The molecule has 0 fully saturated rings. The maximum atomic E-state index is 13.9. The second-order valence-corrected chi connectivity index (χ2v) is 13.9. The van der Waals surface area contributed by atoms with Crippen LogP contribution < -0.4 is 10.2 Å². The van der Waals surface area contributed by atoms with Crippen molar-refractivity contribution in [3.8, 4) is 11.1 Å². The van der Waals surface area contributed by atoms with Gasteiger partial charge in [0, 0.05) is 11.1 Å². The maximum Gasteiger partial charge on any atom is 4.00 e. The predicted octanol–water partition coefficient (Wildman–Crippen LogP) is 9.08. The van der Waals surface area contributed by atoms with Gasteiger partial charge in [0.1, 0.15) is 0 Å². The molecule has 0 spiro atoms. The molecule has 0 saturated carbocycles. The van der Waals surface area contributed by atoms with E-state index < -0.39 is 0 Å². The Morgan fingerprint density at radius 2 is 0.804 bits per heavy atom. The van der Waals surface area contributed by atoms with Crippen molar-refractivity contribution in [2.75, 3.05) is 28.2 Å². The molecule has 0 heterocycles. The summed E-state index contributed by atoms with van der Waals surface area (Å²) in [4.78, 5) is 9.73. The minimum Gasteiger partial charge on any atom is -0.858 e. The van der Waals surface area contributed by atoms with Crippen LogP contribution in [0, 0.1) is 41.5 Å². The molecule has 2 aliphatic carbocycles. The molecule has 0 unspecified atom stereocenters. The third kappa shape index (κ3) is 9.87. The smallest absolute Gasteiger partial charge is 0.858 e. The molecule has 0 amide bonds. The van der Waals surface area contributed by atoms with Gasteiger partial charge in [0.05, 0.1) is 11.4 Å². The van der Waals surface area contributed by atoms with Gasteiger partial charge in [-0.05, 0) is 172 Å². The van der Waals surface area contributed by atoms with Crippen LogP contribution in [0.1, 0.15) is 92.4 Å². The molecule has 0 atom stereocenters. The van der Waals surface area contributed by atoms with Crippen LogP contribution in [0.2, 0.25) is 0 Å². The van der Waals surface area contributed by atoms with Crippen molar-refractivity contribution < 1.29 is 31.9 Å². The van der Waals surface area contributed by atoms with E-state index in [1.54, 1.807) is 28.2 Å². The van der Waals surface area contributed by atoms with Gasteiger partial charge < -0.3 is 20.8 Å². The summed E-state index contributed by atoms with van der Waals surface area (Å²) in [6.45, 7) is 12.1. The first kappa shape index (κ1) is 41.9. The van der Waals surface area contributed by atoms with Gasteiger partial charge in [-0.3, -0.25) is 9.98 Å². The van der Waals surface area contributed by atoms with Crippen LogP contribution in [0.3, 0.4) is 0 Å². The number of aliphatic imine (C=N–C) groups is 2. The molecule has 2 aliphatic rings. The topological polar surface area (TPSA) is 99.0 Å². The largest absolute Gasteiger partial charge is 4.00 e. The number of fused-ring (bicyclic) bond motifs is 2. The Labute approximate surface area is 321 Å². The Balaban J connectivity index is 0.000000939. The molecule has 4 aromatic rings. The van der Waals surface area contributed by atoms with E-state index in [-0.39, 0.29) is 33.5 Å². The average molecular weight is 719 g/mol. The Kier molecular flexibility index (Phi) is 15.9.